The first kappa shape index (κ1) is 17.4. The summed E-state index contributed by atoms with van der Waals surface area (Å²) in [7, 11) is 0. The lowest BCUT2D eigenvalue weighted by Gasteiger charge is -2.06. The average Bonchev–Trinajstić information content (AvgIpc) is 3.07. The van der Waals surface area contributed by atoms with E-state index in [0.717, 1.165) is 28.4 Å². The topological polar surface area (TPSA) is 65.6 Å². The van der Waals surface area contributed by atoms with E-state index in [-0.39, 0.29) is 5.56 Å². The molecule has 0 aliphatic heterocycles. The van der Waals surface area contributed by atoms with E-state index in [4.69, 9.17) is 0 Å². The summed E-state index contributed by atoms with van der Waals surface area (Å²) in [6, 6.07) is 3.36. The molecule has 0 spiro atoms. The summed E-state index contributed by atoms with van der Waals surface area (Å²) in [6.07, 6.45) is 10.1. The minimum Gasteiger partial charge on any atom is -0.313 e. The summed E-state index contributed by atoms with van der Waals surface area (Å²) >= 11 is 1.64. The van der Waals surface area contributed by atoms with Crippen molar-refractivity contribution < 1.29 is 0 Å². The van der Waals surface area contributed by atoms with Crippen LogP contribution in [0.3, 0.4) is 0 Å². The Balaban J connectivity index is 1.85. The number of hydrogen-bond donors (Lipinski definition) is 0. The molecule has 6 nitrogen and oxygen atoms in total. The lowest BCUT2D eigenvalue weighted by molar-refractivity contribution is 0.648. The second-order valence-corrected chi connectivity index (χ2v) is 7.56. The Bertz CT molecular complexity index is 898. The average molecular weight is 355 g/mol. The van der Waals surface area contributed by atoms with Crippen molar-refractivity contribution in [1.82, 2.24) is 24.3 Å². The molecule has 0 bridgehead atoms. The maximum absolute atomic E-state index is 11.8. The summed E-state index contributed by atoms with van der Waals surface area (Å²) < 4.78 is 3.47. The van der Waals surface area contributed by atoms with Crippen molar-refractivity contribution in [3.63, 3.8) is 0 Å². The molecule has 130 valence electrons. The molecule has 0 unspecified atom stereocenters. The van der Waals surface area contributed by atoms with Crippen LogP contribution in [0.2, 0.25) is 0 Å². The van der Waals surface area contributed by atoms with E-state index in [0.29, 0.717) is 11.8 Å². The lowest BCUT2D eigenvalue weighted by atomic mass is 10.2. The molecule has 3 rings (SSSR count). The molecule has 0 fully saturated rings. The molecule has 0 saturated heterocycles. The number of hydrogen-bond acceptors (Lipinski definition) is 5. The van der Waals surface area contributed by atoms with E-state index in [1.807, 2.05) is 31.7 Å². The maximum atomic E-state index is 11.8. The van der Waals surface area contributed by atoms with Gasteiger partial charge in [-0.1, -0.05) is 32.5 Å². The first-order chi connectivity index (χ1) is 12.1. The molecule has 3 aromatic rings. The summed E-state index contributed by atoms with van der Waals surface area (Å²) in [6.45, 7) is 6.98. The van der Waals surface area contributed by atoms with Crippen LogP contribution < -0.4 is 5.56 Å². The van der Waals surface area contributed by atoms with Crippen molar-refractivity contribution in [3.8, 4) is 16.8 Å². The van der Waals surface area contributed by atoms with E-state index in [9.17, 15) is 4.79 Å². The molecule has 0 aliphatic carbocycles. The van der Waals surface area contributed by atoms with Crippen LogP contribution >= 0.6 is 11.8 Å². The van der Waals surface area contributed by atoms with Gasteiger partial charge in [0.15, 0.2) is 5.16 Å². The van der Waals surface area contributed by atoms with Crippen molar-refractivity contribution >= 4 is 11.8 Å². The van der Waals surface area contributed by atoms with Crippen LogP contribution in [0.4, 0.5) is 0 Å². The van der Waals surface area contributed by atoms with Crippen molar-refractivity contribution in [1.29, 1.82) is 0 Å². The first-order valence-corrected chi connectivity index (χ1v) is 9.19. The van der Waals surface area contributed by atoms with Gasteiger partial charge in [-0.15, -0.1) is 0 Å². The summed E-state index contributed by atoms with van der Waals surface area (Å²) in [5, 5.41) is 5.63. The zero-order chi connectivity index (χ0) is 17.8. The third-order valence-electron chi connectivity index (χ3n) is 3.58. The number of pyridine rings is 1. The molecule has 0 amide bonds. The van der Waals surface area contributed by atoms with Gasteiger partial charge in [-0.05, 0) is 12.5 Å². The van der Waals surface area contributed by atoms with E-state index in [1.54, 1.807) is 39.3 Å². The van der Waals surface area contributed by atoms with Gasteiger partial charge >= 0.3 is 0 Å². The highest BCUT2D eigenvalue weighted by Gasteiger charge is 2.07. The number of rotatable bonds is 6. The Labute approximate surface area is 150 Å². The number of nitrogens with zero attached hydrogens (tertiary/aromatic N) is 5. The van der Waals surface area contributed by atoms with Crippen LogP contribution in [-0.4, -0.2) is 29.6 Å². The fraction of sp³-hybridized carbons (Fsp3) is 0.333. The fourth-order valence-corrected chi connectivity index (χ4v) is 3.07. The van der Waals surface area contributed by atoms with Crippen LogP contribution in [0.15, 0.2) is 53.1 Å². The van der Waals surface area contributed by atoms with Gasteiger partial charge in [-0.2, -0.15) is 5.10 Å². The van der Waals surface area contributed by atoms with Crippen molar-refractivity contribution in [3.05, 3.63) is 53.5 Å². The van der Waals surface area contributed by atoms with Crippen LogP contribution in [-0.2, 0) is 6.54 Å². The Morgan fingerprint density at radius 3 is 2.52 bits per heavy atom. The van der Waals surface area contributed by atoms with Gasteiger partial charge in [0.05, 0.1) is 11.9 Å². The second kappa shape index (κ2) is 7.65. The van der Waals surface area contributed by atoms with Crippen molar-refractivity contribution in [2.24, 2.45) is 0 Å². The maximum Gasteiger partial charge on any atom is 0.250 e. The first-order valence-electron chi connectivity index (χ1n) is 8.31. The van der Waals surface area contributed by atoms with Crippen LogP contribution in [0, 0.1) is 0 Å². The molecule has 3 heterocycles. The second-order valence-electron chi connectivity index (χ2n) is 6.01. The minimum absolute atomic E-state index is 0.00428. The molecule has 3 aromatic heterocycles. The summed E-state index contributed by atoms with van der Waals surface area (Å²) in [5.74, 6) is 0. The summed E-state index contributed by atoms with van der Waals surface area (Å²) in [4.78, 5) is 20.6. The molecule has 0 N–H and O–H groups in total. The molecular formula is C18H21N5OS. The van der Waals surface area contributed by atoms with Gasteiger partial charge in [-0.25, -0.2) is 14.6 Å². The Morgan fingerprint density at radius 1 is 1.08 bits per heavy atom. The highest BCUT2D eigenvalue weighted by atomic mass is 32.2. The zero-order valence-corrected chi connectivity index (χ0v) is 15.4. The molecule has 25 heavy (non-hydrogen) atoms. The van der Waals surface area contributed by atoms with Gasteiger partial charge in [0.25, 0.3) is 5.56 Å². The largest absolute Gasteiger partial charge is 0.313 e. The molecule has 0 aromatic carbocycles. The molecule has 0 atom stereocenters. The predicted molar refractivity (Wildman–Crippen MR) is 100 cm³/mol. The van der Waals surface area contributed by atoms with Gasteiger partial charge < -0.3 is 4.57 Å². The normalized spacial score (nSPS) is 11.2. The highest BCUT2D eigenvalue weighted by Crippen LogP contribution is 2.22. The summed E-state index contributed by atoms with van der Waals surface area (Å²) in [5.41, 5.74) is 2.72. The standard InChI is InChI=1S/C18H21N5OS/c1-4-7-22-12-16(5-6-17(22)24)23-11-15(10-21-23)14-8-19-18(20-9-14)25-13(2)3/h5-6,8-13H,4,7H2,1-3H3. The van der Waals surface area contributed by atoms with Gasteiger partial charge in [0.2, 0.25) is 0 Å². The number of aryl methyl sites for hydroxylation is 1. The third kappa shape index (κ3) is 4.17. The quantitative estimate of drug-likeness (QED) is 0.501. The lowest BCUT2D eigenvalue weighted by Crippen LogP contribution is -2.19. The van der Waals surface area contributed by atoms with E-state index < -0.39 is 0 Å². The van der Waals surface area contributed by atoms with Crippen LogP contribution in [0.1, 0.15) is 27.2 Å². The van der Waals surface area contributed by atoms with Crippen LogP contribution in [0.25, 0.3) is 16.8 Å². The van der Waals surface area contributed by atoms with Crippen molar-refractivity contribution in [2.75, 3.05) is 0 Å². The minimum atomic E-state index is 0.00428. The van der Waals surface area contributed by atoms with E-state index >= 15 is 0 Å². The predicted octanol–water partition coefficient (Wildman–Crippen LogP) is 3.40. The Morgan fingerprint density at radius 2 is 1.84 bits per heavy atom. The molecule has 7 heteroatoms. The molecule has 0 aliphatic rings. The number of thioether (sulfide) groups is 1. The zero-order valence-electron chi connectivity index (χ0n) is 14.6. The van der Waals surface area contributed by atoms with E-state index in [1.165, 1.54) is 0 Å². The third-order valence-corrected chi connectivity index (χ3v) is 4.48. The Kier molecular flexibility index (Phi) is 5.33. The monoisotopic (exact) mass is 355 g/mol. The molecule has 0 radical (unpaired) electrons. The fourth-order valence-electron chi connectivity index (χ4n) is 2.42. The van der Waals surface area contributed by atoms with Gasteiger partial charge in [0, 0.05) is 53.8 Å². The molecule has 0 saturated carbocycles. The van der Waals surface area contributed by atoms with Gasteiger partial charge in [0.1, 0.15) is 0 Å². The number of aromatic nitrogens is 5. The smallest absolute Gasteiger partial charge is 0.250 e. The van der Waals surface area contributed by atoms with Crippen LogP contribution in [0.5, 0.6) is 0 Å². The Hall–Kier alpha value is -2.41. The van der Waals surface area contributed by atoms with Crippen molar-refractivity contribution in [2.45, 2.75) is 44.1 Å². The highest BCUT2D eigenvalue weighted by molar-refractivity contribution is 7.99. The van der Waals surface area contributed by atoms with Gasteiger partial charge in [-0.3, -0.25) is 4.79 Å². The molecular weight excluding hydrogens is 334 g/mol. The van der Waals surface area contributed by atoms with E-state index in [2.05, 4.69) is 28.9 Å². The SMILES string of the molecule is CCCn1cc(-n2cc(-c3cnc(SC(C)C)nc3)cn2)ccc1=O.